The van der Waals surface area contributed by atoms with E-state index in [0.29, 0.717) is 37.4 Å². The Kier molecular flexibility index (Phi) is 18.5. The quantitative estimate of drug-likeness (QED) is 0.0750. The molecule has 0 aromatic carbocycles. The summed E-state index contributed by atoms with van der Waals surface area (Å²) < 4.78 is 11.0. The van der Waals surface area contributed by atoms with Crippen LogP contribution in [0.5, 0.6) is 0 Å². The Labute approximate surface area is 264 Å². The van der Waals surface area contributed by atoms with E-state index in [9.17, 15) is 14.4 Å². The van der Waals surface area contributed by atoms with E-state index < -0.39 is 12.0 Å². The monoisotopic (exact) mass is 620 g/mol. The van der Waals surface area contributed by atoms with E-state index in [2.05, 4.69) is 22.2 Å². The predicted molar refractivity (Wildman–Crippen MR) is 178 cm³/mol. The number of H-pyrrole nitrogens is 1. The minimum absolute atomic E-state index is 0.0130. The lowest BCUT2D eigenvalue weighted by atomic mass is 10.0. The number of ether oxygens (including phenoxy) is 2. The molecule has 11 nitrogen and oxygen atoms in total. The molecule has 0 radical (unpaired) electrons. The SMILES string of the molecule is CCCCCCCCCCCCCCCCCC(=O)OCC(CCCOC(=O)C(N)C(C)C)N1CNc2c1nc(N)[nH]c2=O. The van der Waals surface area contributed by atoms with Gasteiger partial charge in [0.25, 0.3) is 5.56 Å². The molecule has 6 N–H and O–H groups in total. The molecule has 2 unspecified atom stereocenters. The highest BCUT2D eigenvalue weighted by atomic mass is 16.5. The van der Waals surface area contributed by atoms with Crippen molar-refractivity contribution in [2.45, 2.75) is 148 Å². The van der Waals surface area contributed by atoms with Gasteiger partial charge < -0.3 is 31.2 Å². The third-order valence-electron chi connectivity index (χ3n) is 8.40. The van der Waals surface area contributed by atoms with E-state index in [1.54, 1.807) is 0 Å². The molecule has 2 rings (SSSR count). The molecule has 0 bridgehead atoms. The maximum atomic E-state index is 12.6. The maximum absolute atomic E-state index is 12.6. The first-order valence-electron chi connectivity index (χ1n) is 17.2. The maximum Gasteiger partial charge on any atom is 0.323 e. The highest BCUT2D eigenvalue weighted by molar-refractivity contribution is 5.75. The molecule has 0 fully saturated rings. The van der Waals surface area contributed by atoms with Crippen LogP contribution in [0.25, 0.3) is 0 Å². The molecule has 2 heterocycles. The largest absolute Gasteiger partial charge is 0.465 e. The Hall–Kier alpha value is -2.82. The van der Waals surface area contributed by atoms with Gasteiger partial charge in [0.15, 0.2) is 5.82 Å². The van der Waals surface area contributed by atoms with Crippen LogP contribution in [0.3, 0.4) is 0 Å². The molecule has 2 atom stereocenters. The average molecular weight is 621 g/mol. The van der Waals surface area contributed by atoms with Crippen molar-refractivity contribution in [2.75, 3.05) is 35.8 Å². The average Bonchev–Trinajstić information content (AvgIpc) is 3.42. The van der Waals surface area contributed by atoms with Gasteiger partial charge in [-0.2, -0.15) is 4.98 Å². The number of unbranched alkanes of at least 4 members (excludes halogenated alkanes) is 14. The number of carbonyl (C=O) groups excluding carboxylic acids is 2. The number of anilines is 3. The van der Waals surface area contributed by atoms with Crippen LogP contribution >= 0.6 is 0 Å². The number of nitrogens with two attached hydrogens (primary N) is 2. The lowest BCUT2D eigenvalue weighted by Crippen LogP contribution is -2.40. The summed E-state index contributed by atoms with van der Waals surface area (Å²) in [5, 5.41) is 3.06. The van der Waals surface area contributed by atoms with Gasteiger partial charge in [-0.25, -0.2) is 0 Å². The lowest BCUT2D eigenvalue weighted by molar-refractivity contribution is -0.146. The number of aromatic amines is 1. The summed E-state index contributed by atoms with van der Waals surface area (Å²) in [4.78, 5) is 45.7. The van der Waals surface area contributed by atoms with Gasteiger partial charge in [0.2, 0.25) is 5.95 Å². The molecular formula is C33H60N6O5. The zero-order valence-electron chi connectivity index (χ0n) is 27.7. The smallest absolute Gasteiger partial charge is 0.323 e. The van der Waals surface area contributed by atoms with E-state index >= 15 is 0 Å². The number of esters is 2. The molecule has 0 aliphatic carbocycles. The molecule has 1 aromatic heterocycles. The Morgan fingerprint density at radius 3 is 2.02 bits per heavy atom. The van der Waals surface area contributed by atoms with Crippen LogP contribution in [-0.4, -0.2) is 53.9 Å². The molecule has 0 saturated heterocycles. The van der Waals surface area contributed by atoms with Gasteiger partial charge in [0.05, 0.1) is 19.3 Å². The Bertz CT molecular complexity index is 1020. The number of carbonyl (C=O) groups is 2. The molecule has 11 heteroatoms. The molecule has 0 saturated carbocycles. The summed E-state index contributed by atoms with van der Waals surface area (Å²) in [7, 11) is 0. The Morgan fingerprint density at radius 2 is 1.45 bits per heavy atom. The van der Waals surface area contributed by atoms with Gasteiger partial charge in [0.1, 0.15) is 18.3 Å². The number of hydrogen-bond acceptors (Lipinski definition) is 10. The molecule has 1 aromatic rings. The highest BCUT2D eigenvalue weighted by Gasteiger charge is 2.30. The van der Waals surface area contributed by atoms with E-state index in [4.69, 9.17) is 20.9 Å². The van der Waals surface area contributed by atoms with E-state index in [1.165, 1.54) is 77.0 Å². The fourth-order valence-corrected chi connectivity index (χ4v) is 5.48. The molecule has 0 spiro atoms. The number of nitrogen functional groups attached to an aromatic ring is 1. The van der Waals surface area contributed by atoms with Crippen LogP contribution < -0.4 is 27.2 Å². The van der Waals surface area contributed by atoms with Crippen LogP contribution in [0.1, 0.15) is 136 Å². The highest BCUT2D eigenvalue weighted by Crippen LogP contribution is 2.29. The number of aromatic nitrogens is 2. The topological polar surface area (TPSA) is 166 Å². The second-order valence-corrected chi connectivity index (χ2v) is 12.6. The second kappa shape index (κ2) is 21.8. The zero-order chi connectivity index (χ0) is 32.2. The third kappa shape index (κ3) is 14.3. The van der Waals surface area contributed by atoms with Crippen molar-refractivity contribution in [3.05, 3.63) is 10.4 Å². The standard InChI is InChI=1S/C33H60N6O5/c1-4-5-6-7-8-9-10-11-12-13-14-15-16-17-18-21-27(40)44-23-26(20-19-22-43-32(42)28(34)25(2)3)39-24-36-29-30(39)37-33(35)38-31(29)41/h25-26,28,36H,4-24,34H2,1-3H3,(H3,35,37,38,41). The number of fused-ring (bicyclic) bond motifs is 1. The minimum Gasteiger partial charge on any atom is -0.465 e. The number of nitrogens with one attached hydrogen (secondary N) is 2. The molecule has 44 heavy (non-hydrogen) atoms. The molecule has 252 valence electrons. The molecule has 1 aliphatic heterocycles. The van der Waals surface area contributed by atoms with Crippen LogP contribution in [0.15, 0.2) is 4.79 Å². The Balaban J connectivity index is 1.67. The summed E-state index contributed by atoms with van der Waals surface area (Å²) >= 11 is 0. The zero-order valence-corrected chi connectivity index (χ0v) is 27.7. The van der Waals surface area contributed by atoms with Crippen molar-refractivity contribution in [3.8, 4) is 0 Å². The fraction of sp³-hybridized carbons (Fsp3) is 0.818. The van der Waals surface area contributed by atoms with Crippen LogP contribution in [0.4, 0.5) is 17.5 Å². The molecule has 1 aliphatic rings. The van der Waals surface area contributed by atoms with Crippen LogP contribution in [-0.2, 0) is 19.1 Å². The van der Waals surface area contributed by atoms with Crippen molar-refractivity contribution in [3.63, 3.8) is 0 Å². The van der Waals surface area contributed by atoms with Crippen molar-refractivity contribution in [1.29, 1.82) is 0 Å². The number of hydrogen-bond donors (Lipinski definition) is 4. The van der Waals surface area contributed by atoms with Crippen molar-refractivity contribution < 1.29 is 19.1 Å². The normalized spacial score (nSPS) is 13.9. The predicted octanol–water partition coefficient (Wildman–Crippen LogP) is 6.02. The minimum atomic E-state index is -0.667. The van der Waals surface area contributed by atoms with Gasteiger partial charge in [0, 0.05) is 6.42 Å². The van der Waals surface area contributed by atoms with Gasteiger partial charge >= 0.3 is 11.9 Å². The van der Waals surface area contributed by atoms with Crippen molar-refractivity contribution >= 4 is 29.4 Å². The third-order valence-corrected chi connectivity index (χ3v) is 8.40. The summed E-state index contributed by atoms with van der Waals surface area (Å²) in [5.41, 5.74) is 11.7. The van der Waals surface area contributed by atoms with Gasteiger partial charge in [-0.3, -0.25) is 19.4 Å². The first-order chi connectivity index (χ1) is 21.2. The first kappa shape index (κ1) is 37.4. The van der Waals surface area contributed by atoms with E-state index in [-0.39, 0.29) is 42.7 Å². The summed E-state index contributed by atoms with van der Waals surface area (Å²) in [6.07, 6.45) is 20.6. The number of rotatable bonds is 25. The van der Waals surface area contributed by atoms with Crippen LogP contribution in [0, 0.1) is 5.92 Å². The van der Waals surface area contributed by atoms with Crippen molar-refractivity contribution in [1.82, 2.24) is 9.97 Å². The first-order valence-corrected chi connectivity index (χ1v) is 17.2. The summed E-state index contributed by atoms with van der Waals surface area (Å²) in [6.45, 7) is 6.66. The fourth-order valence-electron chi connectivity index (χ4n) is 5.48. The van der Waals surface area contributed by atoms with E-state index in [0.717, 1.165) is 19.3 Å². The second-order valence-electron chi connectivity index (χ2n) is 12.6. The van der Waals surface area contributed by atoms with Gasteiger partial charge in [-0.05, 0) is 25.2 Å². The van der Waals surface area contributed by atoms with Gasteiger partial charge in [-0.15, -0.1) is 0 Å². The number of nitrogens with zero attached hydrogens (tertiary/aromatic N) is 2. The van der Waals surface area contributed by atoms with Gasteiger partial charge in [-0.1, -0.05) is 111 Å². The van der Waals surface area contributed by atoms with Crippen molar-refractivity contribution in [2.24, 2.45) is 11.7 Å². The summed E-state index contributed by atoms with van der Waals surface area (Å²) in [6, 6.07) is -0.944. The van der Waals surface area contributed by atoms with E-state index in [1.807, 2.05) is 18.7 Å². The Morgan fingerprint density at radius 1 is 0.886 bits per heavy atom. The molecular weight excluding hydrogens is 560 g/mol. The van der Waals surface area contributed by atoms with Crippen LogP contribution in [0.2, 0.25) is 0 Å². The summed E-state index contributed by atoms with van der Waals surface area (Å²) in [5.74, 6) is -0.233. The molecule has 0 amide bonds. The lowest BCUT2D eigenvalue weighted by Gasteiger charge is -2.28.